The van der Waals surface area contributed by atoms with Crippen molar-refractivity contribution in [1.29, 1.82) is 0 Å². The molecule has 2 aromatic rings. The number of hydrogen-bond donors (Lipinski definition) is 2. The van der Waals surface area contributed by atoms with Gasteiger partial charge in [0.05, 0.1) is 5.75 Å². The van der Waals surface area contributed by atoms with Gasteiger partial charge in [0, 0.05) is 28.2 Å². The first-order valence-electron chi connectivity index (χ1n) is 7.00. The number of hydrogen-bond acceptors (Lipinski definition) is 3. The summed E-state index contributed by atoms with van der Waals surface area (Å²) in [5.41, 5.74) is 2.36. The molecule has 0 aliphatic carbocycles. The number of rotatable bonds is 5. The highest BCUT2D eigenvalue weighted by atomic mass is 35.5. The maximum Gasteiger partial charge on any atom is 0.234 e. The summed E-state index contributed by atoms with van der Waals surface area (Å²) in [6.45, 7) is 3.37. The zero-order chi connectivity index (χ0) is 16.8. The van der Waals surface area contributed by atoms with Crippen molar-refractivity contribution < 1.29 is 9.59 Å². The van der Waals surface area contributed by atoms with Gasteiger partial charge in [-0.3, -0.25) is 9.59 Å². The average molecular weight is 349 g/mol. The zero-order valence-corrected chi connectivity index (χ0v) is 14.4. The van der Waals surface area contributed by atoms with Crippen LogP contribution in [0.5, 0.6) is 0 Å². The van der Waals surface area contributed by atoms with E-state index in [-0.39, 0.29) is 17.6 Å². The van der Waals surface area contributed by atoms with Gasteiger partial charge in [0.2, 0.25) is 11.8 Å². The molecule has 0 bridgehead atoms. The first-order chi connectivity index (χ1) is 10.9. The molecule has 2 N–H and O–H groups in total. The Hall–Kier alpha value is -1.98. The van der Waals surface area contributed by atoms with E-state index in [4.69, 9.17) is 11.6 Å². The number of aryl methyl sites for hydroxylation is 1. The minimum absolute atomic E-state index is 0.111. The summed E-state index contributed by atoms with van der Waals surface area (Å²) in [4.78, 5) is 24.0. The van der Waals surface area contributed by atoms with Crippen LogP contribution >= 0.6 is 23.4 Å². The largest absolute Gasteiger partial charge is 0.326 e. The standard InChI is InChI=1S/C17H17ClN2O2S/c1-11-6-7-14(9-16(11)18)20-17(22)10-23-15-5-3-4-13(8-15)19-12(2)21/h3-9H,10H2,1-2H3,(H,19,21)(H,20,22). The fourth-order valence-electron chi connectivity index (χ4n) is 1.88. The zero-order valence-electron chi connectivity index (χ0n) is 12.9. The molecule has 2 rings (SSSR count). The lowest BCUT2D eigenvalue weighted by Crippen LogP contribution is -2.14. The SMILES string of the molecule is CC(=O)Nc1cccc(SCC(=O)Nc2ccc(C)c(Cl)c2)c1. The van der Waals surface area contributed by atoms with Gasteiger partial charge in [-0.1, -0.05) is 23.7 Å². The van der Waals surface area contributed by atoms with Crippen LogP contribution in [-0.4, -0.2) is 17.6 Å². The molecule has 0 heterocycles. The molecule has 0 saturated heterocycles. The minimum Gasteiger partial charge on any atom is -0.326 e. The summed E-state index contributed by atoms with van der Waals surface area (Å²) in [7, 11) is 0. The molecule has 0 atom stereocenters. The quantitative estimate of drug-likeness (QED) is 0.790. The van der Waals surface area contributed by atoms with Crippen molar-refractivity contribution in [3.8, 4) is 0 Å². The van der Waals surface area contributed by atoms with E-state index < -0.39 is 0 Å². The van der Waals surface area contributed by atoms with Gasteiger partial charge in [-0.15, -0.1) is 11.8 Å². The van der Waals surface area contributed by atoms with Crippen LogP contribution in [0, 0.1) is 6.92 Å². The molecule has 0 aromatic heterocycles. The van der Waals surface area contributed by atoms with E-state index in [1.165, 1.54) is 18.7 Å². The van der Waals surface area contributed by atoms with E-state index >= 15 is 0 Å². The monoisotopic (exact) mass is 348 g/mol. The van der Waals surface area contributed by atoms with Gasteiger partial charge in [-0.05, 0) is 42.8 Å². The molecular formula is C17H17ClN2O2S. The number of thioether (sulfide) groups is 1. The van der Waals surface area contributed by atoms with Crippen LogP contribution < -0.4 is 10.6 Å². The van der Waals surface area contributed by atoms with Crippen molar-refractivity contribution in [2.24, 2.45) is 0 Å². The van der Waals surface area contributed by atoms with Crippen molar-refractivity contribution >= 4 is 46.6 Å². The Labute approximate surface area is 144 Å². The third-order valence-electron chi connectivity index (χ3n) is 2.98. The number of benzene rings is 2. The number of halogens is 1. The van der Waals surface area contributed by atoms with E-state index in [1.807, 2.05) is 37.3 Å². The number of anilines is 2. The highest BCUT2D eigenvalue weighted by Gasteiger charge is 2.06. The van der Waals surface area contributed by atoms with Crippen molar-refractivity contribution in [3.05, 3.63) is 53.1 Å². The third-order valence-corrected chi connectivity index (χ3v) is 4.38. The van der Waals surface area contributed by atoms with Crippen molar-refractivity contribution in [1.82, 2.24) is 0 Å². The Kier molecular flexibility index (Phi) is 6.07. The lowest BCUT2D eigenvalue weighted by molar-refractivity contribution is -0.114. The van der Waals surface area contributed by atoms with Crippen molar-refractivity contribution in [2.75, 3.05) is 16.4 Å². The van der Waals surface area contributed by atoms with E-state index in [0.29, 0.717) is 16.4 Å². The molecule has 0 fully saturated rings. The molecule has 0 aliphatic rings. The van der Waals surface area contributed by atoms with Crippen LogP contribution in [0.1, 0.15) is 12.5 Å². The summed E-state index contributed by atoms with van der Waals surface area (Å²) in [6.07, 6.45) is 0. The molecule has 0 aliphatic heterocycles. The molecular weight excluding hydrogens is 332 g/mol. The second kappa shape index (κ2) is 8.04. The Bertz CT molecular complexity index is 734. The minimum atomic E-state index is -0.124. The Morgan fingerprint density at radius 1 is 1.09 bits per heavy atom. The van der Waals surface area contributed by atoms with E-state index in [1.54, 1.807) is 12.1 Å². The molecule has 0 saturated carbocycles. The molecule has 6 heteroatoms. The lowest BCUT2D eigenvalue weighted by atomic mass is 10.2. The second-order valence-electron chi connectivity index (χ2n) is 5.01. The Morgan fingerprint density at radius 3 is 2.52 bits per heavy atom. The molecule has 0 spiro atoms. The third kappa shape index (κ3) is 5.62. The smallest absolute Gasteiger partial charge is 0.234 e. The number of amides is 2. The van der Waals surface area contributed by atoms with Gasteiger partial charge in [0.25, 0.3) is 0 Å². The molecule has 2 aromatic carbocycles. The summed E-state index contributed by atoms with van der Waals surface area (Å²) in [5.74, 6) is 0.0376. The van der Waals surface area contributed by atoms with Gasteiger partial charge < -0.3 is 10.6 Å². The molecule has 2 amide bonds. The fraction of sp³-hybridized carbons (Fsp3) is 0.176. The number of carbonyl (C=O) groups is 2. The molecule has 0 unspecified atom stereocenters. The van der Waals surface area contributed by atoms with Crippen LogP contribution in [0.2, 0.25) is 5.02 Å². The predicted octanol–water partition coefficient (Wildman–Crippen LogP) is 4.34. The first-order valence-corrected chi connectivity index (χ1v) is 8.37. The Balaban J connectivity index is 1.91. The van der Waals surface area contributed by atoms with Crippen LogP contribution in [0.3, 0.4) is 0 Å². The van der Waals surface area contributed by atoms with Crippen LogP contribution in [0.4, 0.5) is 11.4 Å². The second-order valence-corrected chi connectivity index (χ2v) is 6.47. The van der Waals surface area contributed by atoms with Crippen LogP contribution in [0.15, 0.2) is 47.4 Å². The maximum absolute atomic E-state index is 12.0. The van der Waals surface area contributed by atoms with Gasteiger partial charge in [-0.25, -0.2) is 0 Å². The maximum atomic E-state index is 12.0. The summed E-state index contributed by atoms with van der Waals surface area (Å²) >= 11 is 7.44. The topological polar surface area (TPSA) is 58.2 Å². The van der Waals surface area contributed by atoms with Gasteiger partial charge in [0.1, 0.15) is 0 Å². The van der Waals surface area contributed by atoms with E-state index in [0.717, 1.165) is 10.5 Å². The van der Waals surface area contributed by atoms with Gasteiger partial charge in [-0.2, -0.15) is 0 Å². The van der Waals surface area contributed by atoms with Gasteiger partial charge in [0.15, 0.2) is 0 Å². The first kappa shape index (κ1) is 17.4. The summed E-state index contributed by atoms with van der Waals surface area (Å²) < 4.78 is 0. The molecule has 4 nitrogen and oxygen atoms in total. The predicted molar refractivity (Wildman–Crippen MR) is 96.3 cm³/mol. The highest BCUT2D eigenvalue weighted by Crippen LogP contribution is 2.23. The summed E-state index contributed by atoms with van der Waals surface area (Å²) in [6, 6.07) is 12.8. The Morgan fingerprint density at radius 2 is 1.83 bits per heavy atom. The number of nitrogens with one attached hydrogen (secondary N) is 2. The van der Waals surface area contributed by atoms with Crippen molar-refractivity contribution in [2.45, 2.75) is 18.7 Å². The van der Waals surface area contributed by atoms with Crippen molar-refractivity contribution in [3.63, 3.8) is 0 Å². The van der Waals surface area contributed by atoms with Crippen LogP contribution in [-0.2, 0) is 9.59 Å². The normalized spacial score (nSPS) is 10.2. The van der Waals surface area contributed by atoms with Crippen LogP contribution in [0.25, 0.3) is 0 Å². The highest BCUT2D eigenvalue weighted by molar-refractivity contribution is 8.00. The van der Waals surface area contributed by atoms with E-state index in [9.17, 15) is 9.59 Å². The van der Waals surface area contributed by atoms with E-state index in [2.05, 4.69) is 10.6 Å². The van der Waals surface area contributed by atoms with Gasteiger partial charge >= 0.3 is 0 Å². The lowest BCUT2D eigenvalue weighted by Gasteiger charge is -2.08. The molecule has 23 heavy (non-hydrogen) atoms. The summed E-state index contributed by atoms with van der Waals surface area (Å²) in [5, 5.41) is 6.15. The molecule has 120 valence electrons. The average Bonchev–Trinajstić information content (AvgIpc) is 2.49. The molecule has 0 radical (unpaired) electrons. The fourth-order valence-corrected chi connectivity index (χ4v) is 2.82. The number of carbonyl (C=O) groups excluding carboxylic acids is 2.